The van der Waals surface area contributed by atoms with E-state index in [4.69, 9.17) is 14.7 Å². The smallest absolute Gasteiger partial charge is 0.322 e. The third kappa shape index (κ3) is 2.72. The highest BCUT2D eigenvalue weighted by molar-refractivity contribution is 5.74. The summed E-state index contributed by atoms with van der Waals surface area (Å²) in [5.41, 5.74) is 1.97. The van der Waals surface area contributed by atoms with Crippen LogP contribution in [0.3, 0.4) is 0 Å². The normalized spacial score (nSPS) is 9.65. The highest BCUT2D eigenvalue weighted by Crippen LogP contribution is 2.21. The molecule has 20 heavy (non-hydrogen) atoms. The molecule has 6 nitrogen and oxygen atoms in total. The van der Waals surface area contributed by atoms with Crippen LogP contribution >= 0.6 is 0 Å². The van der Waals surface area contributed by atoms with Gasteiger partial charge in [0.25, 0.3) is 0 Å². The van der Waals surface area contributed by atoms with Crippen molar-refractivity contribution in [2.75, 3.05) is 14.2 Å². The molecule has 2 rings (SSSR count). The maximum Gasteiger partial charge on any atom is 0.322 e. The molecule has 1 heterocycles. The fourth-order valence-corrected chi connectivity index (χ4v) is 1.53. The van der Waals surface area contributed by atoms with Crippen molar-refractivity contribution in [3.8, 4) is 18.1 Å². The summed E-state index contributed by atoms with van der Waals surface area (Å²) >= 11 is 0. The summed E-state index contributed by atoms with van der Waals surface area (Å²) in [4.78, 5) is 12.2. The van der Waals surface area contributed by atoms with Crippen LogP contribution < -0.4 is 9.47 Å². The van der Waals surface area contributed by atoms with Gasteiger partial charge in [0.15, 0.2) is 5.82 Å². The second-order valence-electron chi connectivity index (χ2n) is 3.80. The molecule has 0 spiro atoms. The summed E-state index contributed by atoms with van der Waals surface area (Å²) in [6.45, 7) is 3.95. The number of hydrogen-bond acceptors (Lipinski definition) is 6. The fourth-order valence-electron chi connectivity index (χ4n) is 1.53. The second kappa shape index (κ2) is 5.80. The van der Waals surface area contributed by atoms with E-state index in [1.54, 1.807) is 24.3 Å². The van der Waals surface area contributed by atoms with Crippen molar-refractivity contribution in [2.45, 2.75) is 0 Å². The number of rotatable bonds is 4. The van der Waals surface area contributed by atoms with E-state index in [9.17, 15) is 0 Å². The Kier molecular flexibility index (Phi) is 3.91. The fraction of sp³-hybridized carbons (Fsp3) is 0.143. The van der Waals surface area contributed by atoms with E-state index in [1.165, 1.54) is 14.2 Å². The van der Waals surface area contributed by atoms with E-state index in [2.05, 4.69) is 27.6 Å². The van der Waals surface area contributed by atoms with Gasteiger partial charge in [0.05, 0.1) is 25.9 Å². The summed E-state index contributed by atoms with van der Waals surface area (Å²) in [7, 11) is 2.92. The summed E-state index contributed by atoms with van der Waals surface area (Å²) in [6.07, 6.45) is 0. The zero-order valence-electron chi connectivity index (χ0n) is 11.1. The lowest BCUT2D eigenvalue weighted by Crippen LogP contribution is -2.03. The molecule has 0 atom stereocenters. The Labute approximate surface area is 116 Å². The van der Waals surface area contributed by atoms with Crippen LogP contribution in [0.15, 0.2) is 30.8 Å². The molecule has 2 aromatic rings. The maximum atomic E-state index is 8.78. The van der Waals surface area contributed by atoms with Crippen LogP contribution in [0.2, 0.25) is 0 Å². The molecule has 0 aliphatic carbocycles. The largest absolute Gasteiger partial charge is 0.467 e. The first kappa shape index (κ1) is 13.5. The zero-order valence-corrected chi connectivity index (χ0v) is 11.1. The van der Waals surface area contributed by atoms with Crippen molar-refractivity contribution in [1.29, 1.82) is 5.26 Å². The Morgan fingerprint density at radius 2 is 1.60 bits per heavy atom. The minimum Gasteiger partial charge on any atom is -0.467 e. The minimum absolute atomic E-state index is 0.154. The van der Waals surface area contributed by atoms with Crippen LogP contribution in [0, 0.1) is 11.3 Å². The third-order valence-electron chi connectivity index (χ3n) is 2.59. The molecule has 0 amide bonds. The average molecular weight is 268 g/mol. The molecule has 0 N–H and O–H groups in total. The van der Waals surface area contributed by atoms with Gasteiger partial charge < -0.3 is 9.47 Å². The average Bonchev–Trinajstić information content (AvgIpc) is 2.53. The Morgan fingerprint density at radius 1 is 1.05 bits per heavy atom. The first-order valence-corrected chi connectivity index (χ1v) is 5.71. The van der Waals surface area contributed by atoms with E-state index >= 15 is 0 Å². The molecule has 1 aromatic heterocycles. The molecule has 100 valence electrons. The standard InChI is InChI=1S/C14H12N4O2/c1-9(11-6-4-10(8-15)5-7-11)12-16-13(19-2)18-14(17-12)20-3/h4-7H,1H2,2-3H3. The number of ether oxygens (including phenoxy) is 2. The van der Waals surface area contributed by atoms with Gasteiger partial charge in [-0.25, -0.2) is 0 Å². The zero-order chi connectivity index (χ0) is 14.5. The SMILES string of the molecule is C=C(c1ccc(C#N)cc1)c1nc(OC)nc(OC)n1. The molecule has 6 heteroatoms. The highest BCUT2D eigenvalue weighted by atomic mass is 16.5. The van der Waals surface area contributed by atoms with Crippen molar-refractivity contribution in [3.05, 3.63) is 47.8 Å². The van der Waals surface area contributed by atoms with Crippen LogP contribution in [0.4, 0.5) is 0 Å². The van der Waals surface area contributed by atoms with Crippen LogP contribution in [0.5, 0.6) is 12.0 Å². The van der Waals surface area contributed by atoms with Crippen molar-refractivity contribution >= 4 is 5.57 Å². The summed E-state index contributed by atoms with van der Waals surface area (Å²) < 4.78 is 9.99. The second-order valence-corrected chi connectivity index (χ2v) is 3.80. The molecular weight excluding hydrogens is 256 g/mol. The van der Waals surface area contributed by atoms with E-state index in [1.807, 2.05) is 0 Å². The van der Waals surface area contributed by atoms with Gasteiger partial charge in [0.2, 0.25) is 0 Å². The lowest BCUT2D eigenvalue weighted by atomic mass is 10.1. The quantitative estimate of drug-likeness (QED) is 0.841. The van der Waals surface area contributed by atoms with Crippen molar-refractivity contribution in [1.82, 2.24) is 15.0 Å². The Morgan fingerprint density at radius 3 is 2.05 bits per heavy atom. The van der Waals surface area contributed by atoms with E-state index < -0.39 is 0 Å². The van der Waals surface area contributed by atoms with Gasteiger partial charge in [0, 0.05) is 5.57 Å². The molecule has 0 radical (unpaired) electrons. The van der Waals surface area contributed by atoms with Gasteiger partial charge in [-0.1, -0.05) is 18.7 Å². The van der Waals surface area contributed by atoms with Gasteiger partial charge in [-0.3, -0.25) is 0 Å². The molecule has 0 bridgehead atoms. The van der Waals surface area contributed by atoms with Crippen LogP contribution in [-0.4, -0.2) is 29.2 Å². The number of benzene rings is 1. The van der Waals surface area contributed by atoms with Crippen LogP contribution in [0.25, 0.3) is 5.57 Å². The number of methoxy groups -OCH3 is 2. The van der Waals surface area contributed by atoms with Crippen LogP contribution in [-0.2, 0) is 0 Å². The van der Waals surface area contributed by atoms with Gasteiger partial charge in [0.1, 0.15) is 0 Å². The predicted octanol–water partition coefficient (Wildman–Crippen LogP) is 1.82. The van der Waals surface area contributed by atoms with E-state index in [-0.39, 0.29) is 12.0 Å². The Bertz CT molecular complexity index is 652. The molecular formula is C14H12N4O2. The number of nitrogens with zero attached hydrogens (tertiary/aromatic N) is 4. The highest BCUT2D eigenvalue weighted by Gasteiger charge is 2.11. The van der Waals surface area contributed by atoms with E-state index in [0.29, 0.717) is 17.0 Å². The Balaban J connectivity index is 2.39. The lowest BCUT2D eigenvalue weighted by Gasteiger charge is -2.07. The van der Waals surface area contributed by atoms with Gasteiger partial charge in [-0.05, 0) is 17.7 Å². The maximum absolute atomic E-state index is 8.78. The molecule has 0 aliphatic heterocycles. The van der Waals surface area contributed by atoms with Crippen LogP contribution in [0.1, 0.15) is 17.0 Å². The lowest BCUT2D eigenvalue weighted by molar-refractivity contribution is 0.339. The van der Waals surface area contributed by atoms with Crippen molar-refractivity contribution < 1.29 is 9.47 Å². The predicted molar refractivity (Wildman–Crippen MR) is 72.2 cm³/mol. The summed E-state index contributed by atoms with van der Waals surface area (Å²) in [5, 5.41) is 8.78. The summed E-state index contributed by atoms with van der Waals surface area (Å²) in [6, 6.07) is 9.34. The molecule has 0 fully saturated rings. The third-order valence-corrected chi connectivity index (χ3v) is 2.59. The minimum atomic E-state index is 0.154. The van der Waals surface area contributed by atoms with Crippen molar-refractivity contribution in [2.24, 2.45) is 0 Å². The van der Waals surface area contributed by atoms with Gasteiger partial charge in [-0.15, -0.1) is 4.98 Å². The first-order chi connectivity index (χ1) is 9.67. The first-order valence-electron chi connectivity index (χ1n) is 5.71. The molecule has 0 saturated heterocycles. The topological polar surface area (TPSA) is 80.9 Å². The number of hydrogen-bond donors (Lipinski definition) is 0. The van der Waals surface area contributed by atoms with Gasteiger partial charge in [-0.2, -0.15) is 15.2 Å². The molecule has 0 saturated carbocycles. The number of aromatic nitrogens is 3. The van der Waals surface area contributed by atoms with E-state index in [0.717, 1.165) is 5.56 Å². The number of nitriles is 1. The molecule has 0 unspecified atom stereocenters. The monoisotopic (exact) mass is 268 g/mol. The summed E-state index contributed by atoms with van der Waals surface area (Å²) in [5.74, 6) is 0.360. The molecule has 1 aromatic carbocycles. The van der Waals surface area contributed by atoms with Crippen molar-refractivity contribution in [3.63, 3.8) is 0 Å². The van der Waals surface area contributed by atoms with Gasteiger partial charge >= 0.3 is 12.0 Å². The Hall–Kier alpha value is -2.94. The molecule has 0 aliphatic rings.